The Balaban J connectivity index is 1.53. The predicted molar refractivity (Wildman–Crippen MR) is 109 cm³/mol. The van der Waals surface area contributed by atoms with Gasteiger partial charge in [-0.2, -0.15) is 0 Å². The van der Waals surface area contributed by atoms with E-state index in [0.717, 1.165) is 26.2 Å². The Morgan fingerprint density at radius 3 is 2.79 bits per heavy atom. The third-order valence-corrected chi connectivity index (χ3v) is 6.12. The van der Waals surface area contributed by atoms with Crippen LogP contribution in [0, 0.1) is 5.82 Å². The number of carbonyl (C=O) groups excluding carboxylic acids is 1. The lowest BCUT2D eigenvalue weighted by molar-refractivity contribution is -0.123. The summed E-state index contributed by atoms with van der Waals surface area (Å²) in [5, 5.41) is 7.53. The van der Waals surface area contributed by atoms with Crippen LogP contribution in [0.5, 0.6) is 5.88 Å². The number of rotatable bonds is 6. The van der Waals surface area contributed by atoms with Gasteiger partial charge in [-0.3, -0.25) is 4.79 Å². The number of amides is 1. The molecule has 0 fully saturated rings. The fourth-order valence-corrected chi connectivity index (χ4v) is 4.47. The van der Waals surface area contributed by atoms with Gasteiger partial charge in [0.05, 0.1) is 11.4 Å². The number of ether oxygens (including phenoxy) is 1. The molecule has 0 aliphatic carbocycles. The summed E-state index contributed by atoms with van der Waals surface area (Å²) in [7, 11) is 0. The molecule has 0 bridgehead atoms. The molecule has 4 aromatic rings. The van der Waals surface area contributed by atoms with E-state index in [1.54, 1.807) is 23.5 Å². The fourth-order valence-electron chi connectivity index (χ4n) is 2.82. The Morgan fingerprint density at radius 1 is 1.21 bits per heavy atom. The standard InChI is InChI=1S/C20H16FN3O2S2/c1-12(16-3-2-8-27-16)24-17(25)9-26-19-18-15(10-28-20(18)23-11-22-19)13-4-6-14(21)7-5-13/h2-8,10-12H,9H2,1H3,(H,24,25). The van der Waals surface area contributed by atoms with Gasteiger partial charge < -0.3 is 10.1 Å². The summed E-state index contributed by atoms with van der Waals surface area (Å²) in [4.78, 5) is 22.6. The van der Waals surface area contributed by atoms with Crippen LogP contribution in [0.15, 0.2) is 53.5 Å². The molecule has 4 rings (SSSR count). The molecular weight excluding hydrogens is 397 g/mol. The van der Waals surface area contributed by atoms with E-state index in [4.69, 9.17) is 4.74 Å². The summed E-state index contributed by atoms with van der Waals surface area (Å²) < 4.78 is 19.0. The number of aromatic nitrogens is 2. The topological polar surface area (TPSA) is 64.1 Å². The van der Waals surface area contributed by atoms with Crippen molar-refractivity contribution in [1.82, 2.24) is 15.3 Å². The molecule has 1 N–H and O–H groups in total. The minimum Gasteiger partial charge on any atom is -0.467 e. The minimum atomic E-state index is -0.299. The molecule has 3 aromatic heterocycles. The SMILES string of the molecule is CC(NC(=O)COc1ncnc2scc(-c3ccc(F)cc3)c12)c1cccs1. The fraction of sp³-hybridized carbons (Fsp3) is 0.150. The average Bonchev–Trinajstić information content (AvgIpc) is 3.37. The molecule has 0 radical (unpaired) electrons. The molecular formula is C20H16FN3O2S2. The van der Waals surface area contributed by atoms with Crippen molar-refractivity contribution in [1.29, 1.82) is 0 Å². The van der Waals surface area contributed by atoms with Gasteiger partial charge in [-0.15, -0.1) is 22.7 Å². The zero-order valence-electron chi connectivity index (χ0n) is 14.9. The van der Waals surface area contributed by atoms with E-state index in [1.165, 1.54) is 29.8 Å². The van der Waals surface area contributed by atoms with Gasteiger partial charge >= 0.3 is 0 Å². The number of nitrogens with one attached hydrogen (secondary N) is 1. The van der Waals surface area contributed by atoms with Crippen molar-refractivity contribution < 1.29 is 13.9 Å². The molecule has 8 heteroatoms. The second kappa shape index (κ2) is 8.04. The lowest BCUT2D eigenvalue weighted by atomic mass is 10.1. The van der Waals surface area contributed by atoms with Crippen LogP contribution < -0.4 is 10.1 Å². The van der Waals surface area contributed by atoms with Crippen LogP contribution >= 0.6 is 22.7 Å². The van der Waals surface area contributed by atoms with Crippen molar-refractivity contribution in [2.24, 2.45) is 0 Å². The highest BCUT2D eigenvalue weighted by Crippen LogP contribution is 2.37. The van der Waals surface area contributed by atoms with Crippen LogP contribution in [0.25, 0.3) is 21.3 Å². The molecule has 3 heterocycles. The van der Waals surface area contributed by atoms with E-state index < -0.39 is 0 Å². The quantitative estimate of drug-likeness (QED) is 0.492. The maximum atomic E-state index is 13.2. The second-order valence-electron chi connectivity index (χ2n) is 6.11. The first-order valence-electron chi connectivity index (χ1n) is 8.55. The molecule has 5 nitrogen and oxygen atoms in total. The smallest absolute Gasteiger partial charge is 0.258 e. The molecule has 0 saturated carbocycles. The minimum absolute atomic E-state index is 0.0857. The molecule has 1 amide bonds. The zero-order valence-corrected chi connectivity index (χ0v) is 16.5. The third kappa shape index (κ3) is 3.88. The first kappa shape index (κ1) is 18.5. The van der Waals surface area contributed by atoms with E-state index in [2.05, 4.69) is 15.3 Å². The van der Waals surface area contributed by atoms with E-state index in [0.29, 0.717) is 5.88 Å². The van der Waals surface area contributed by atoms with Crippen molar-refractivity contribution in [2.75, 3.05) is 6.61 Å². The highest BCUT2D eigenvalue weighted by atomic mass is 32.1. The van der Waals surface area contributed by atoms with Crippen LogP contribution in [0.4, 0.5) is 4.39 Å². The van der Waals surface area contributed by atoms with Gasteiger partial charge in [0.25, 0.3) is 5.91 Å². The summed E-state index contributed by atoms with van der Waals surface area (Å²) in [6, 6.07) is 10.0. The summed E-state index contributed by atoms with van der Waals surface area (Å²) >= 11 is 3.04. The Morgan fingerprint density at radius 2 is 2.04 bits per heavy atom. The monoisotopic (exact) mass is 413 g/mol. The first-order valence-corrected chi connectivity index (χ1v) is 10.3. The number of nitrogens with zero attached hydrogens (tertiary/aromatic N) is 2. The van der Waals surface area contributed by atoms with Crippen molar-refractivity contribution >= 4 is 38.8 Å². The van der Waals surface area contributed by atoms with E-state index >= 15 is 0 Å². The van der Waals surface area contributed by atoms with Gasteiger partial charge in [0.15, 0.2) is 6.61 Å². The third-order valence-electron chi connectivity index (χ3n) is 4.18. The lowest BCUT2D eigenvalue weighted by Crippen LogP contribution is -2.31. The zero-order chi connectivity index (χ0) is 19.5. The van der Waals surface area contributed by atoms with Crippen LogP contribution in [0.1, 0.15) is 17.8 Å². The van der Waals surface area contributed by atoms with Crippen LogP contribution in [0.2, 0.25) is 0 Å². The summed E-state index contributed by atoms with van der Waals surface area (Å²) in [5.74, 6) is -0.191. The van der Waals surface area contributed by atoms with Gasteiger partial charge in [-0.05, 0) is 36.1 Å². The van der Waals surface area contributed by atoms with Gasteiger partial charge in [0, 0.05) is 15.8 Å². The molecule has 0 saturated heterocycles. The number of hydrogen-bond acceptors (Lipinski definition) is 6. The van der Waals surface area contributed by atoms with Gasteiger partial charge in [-0.1, -0.05) is 18.2 Å². The van der Waals surface area contributed by atoms with Crippen LogP contribution in [-0.2, 0) is 4.79 Å². The Hall–Kier alpha value is -2.84. The summed E-state index contributed by atoms with van der Waals surface area (Å²) in [6.45, 7) is 1.78. The number of halogens is 1. The van der Waals surface area contributed by atoms with Gasteiger partial charge in [0.1, 0.15) is 17.0 Å². The van der Waals surface area contributed by atoms with Crippen molar-refractivity contribution in [3.05, 3.63) is 64.2 Å². The van der Waals surface area contributed by atoms with Crippen molar-refractivity contribution in [2.45, 2.75) is 13.0 Å². The van der Waals surface area contributed by atoms with E-state index in [1.807, 2.05) is 29.8 Å². The molecule has 1 unspecified atom stereocenters. The Labute approximate surface area is 168 Å². The predicted octanol–water partition coefficient (Wildman–Crippen LogP) is 4.82. The van der Waals surface area contributed by atoms with Crippen LogP contribution in [-0.4, -0.2) is 22.5 Å². The normalized spacial score (nSPS) is 12.1. The Kier molecular flexibility index (Phi) is 5.31. The number of carbonyl (C=O) groups is 1. The number of thiophene rings is 2. The molecule has 0 aliphatic rings. The first-order chi connectivity index (χ1) is 13.6. The molecule has 0 spiro atoms. The van der Waals surface area contributed by atoms with Gasteiger partial charge in [-0.25, -0.2) is 14.4 Å². The maximum absolute atomic E-state index is 13.2. The number of fused-ring (bicyclic) bond motifs is 1. The Bertz CT molecular complexity index is 1090. The average molecular weight is 413 g/mol. The molecule has 0 aliphatic heterocycles. The second-order valence-corrected chi connectivity index (χ2v) is 7.95. The van der Waals surface area contributed by atoms with E-state index in [-0.39, 0.29) is 24.4 Å². The molecule has 142 valence electrons. The van der Waals surface area contributed by atoms with Crippen molar-refractivity contribution in [3.8, 4) is 17.0 Å². The van der Waals surface area contributed by atoms with Crippen LogP contribution in [0.3, 0.4) is 0 Å². The molecule has 1 atom stereocenters. The lowest BCUT2D eigenvalue weighted by Gasteiger charge is -2.13. The highest BCUT2D eigenvalue weighted by molar-refractivity contribution is 7.17. The van der Waals surface area contributed by atoms with Gasteiger partial charge in [0.2, 0.25) is 5.88 Å². The summed E-state index contributed by atoms with van der Waals surface area (Å²) in [6.07, 6.45) is 1.41. The highest BCUT2D eigenvalue weighted by Gasteiger charge is 2.16. The van der Waals surface area contributed by atoms with Crippen molar-refractivity contribution in [3.63, 3.8) is 0 Å². The molecule has 28 heavy (non-hydrogen) atoms. The maximum Gasteiger partial charge on any atom is 0.258 e. The number of benzene rings is 1. The van der Waals surface area contributed by atoms with E-state index in [9.17, 15) is 9.18 Å². The largest absolute Gasteiger partial charge is 0.467 e. The molecule has 1 aromatic carbocycles. The number of hydrogen-bond donors (Lipinski definition) is 1. The summed E-state index contributed by atoms with van der Waals surface area (Å²) in [5.41, 5.74) is 1.69.